The highest BCUT2D eigenvalue weighted by atomic mass is 15.2. The van der Waals surface area contributed by atoms with Gasteiger partial charge in [0.2, 0.25) is 0 Å². The van der Waals surface area contributed by atoms with Crippen LogP contribution in [0.25, 0.3) is 10.9 Å². The number of hydrogen-bond acceptors (Lipinski definition) is 1. The lowest BCUT2D eigenvalue weighted by Gasteiger charge is -2.34. The molecule has 0 spiro atoms. The summed E-state index contributed by atoms with van der Waals surface area (Å²) in [4.78, 5) is 2.76. The van der Waals surface area contributed by atoms with E-state index in [9.17, 15) is 0 Å². The predicted molar refractivity (Wildman–Crippen MR) is 109 cm³/mol. The van der Waals surface area contributed by atoms with Gasteiger partial charge in [-0.15, -0.1) is 0 Å². The Morgan fingerprint density at radius 3 is 2.77 bits per heavy atom. The second-order valence-corrected chi connectivity index (χ2v) is 8.19. The van der Waals surface area contributed by atoms with Crippen molar-refractivity contribution in [2.24, 2.45) is 0 Å². The first kappa shape index (κ1) is 16.1. The van der Waals surface area contributed by atoms with Gasteiger partial charge in [0, 0.05) is 36.2 Å². The van der Waals surface area contributed by atoms with E-state index in [0.717, 1.165) is 13.1 Å². The van der Waals surface area contributed by atoms with Crippen molar-refractivity contribution >= 4 is 10.9 Å². The highest BCUT2D eigenvalue weighted by molar-refractivity contribution is 5.86. The Morgan fingerprint density at radius 1 is 1.00 bits per heavy atom. The zero-order valence-corrected chi connectivity index (χ0v) is 16.0. The summed E-state index contributed by atoms with van der Waals surface area (Å²) < 4.78 is 2.66. The number of rotatable bonds is 2. The van der Waals surface area contributed by atoms with Crippen LogP contribution >= 0.6 is 0 Å². The van der Waals surface area contributed by atoms with Gasteiger partial charge >= 0.3 is 0 Å². The molecule has 0 fully saturated rings. The molecule has 0 radical (unpaired) electrons. The summed E-state index contributed by atoms with van der Waals surface area (Å²) >= 11 is 0. The van der Waals surface area contributed by atoms with Crippen molar-refractivity contribution in [2.75, 3.05) is 6.54 Å². The molecule has 134 valence electrons. The van der Waals surface area contributed by atoms with E-state index < -0.39 is 0 Å². The third-order valence-corrected chi connectivity index (χ3v) is 6.49. The first-order valence-electron chi connectivity index (χ1n) is 10.1. The maximum Gasteiger partial charge on any atom is 0.0507 e. The Hall–Kier alpha value is -2.06. The summed E-state index contributed by atoms with van der Waals surface area (Å²) in [6.45, 7) is 7.92. The summed E-state index contributed by atoms with van der Waals surface area (Å²) in [7, 11) is 0. The maximum atomic E-state index is 2.76. The number of nitrogens with zero attached hydrogens (tertiary/aromatic N) is 2. The Morgan fingerprint density at radius 2 is 1.88 bits per heavy atom. The first-order valence-corrected chi connectivity index (χ1v) is 10.1. The van der Waals surface area contributed by atoms with Crippen LogP contribution in [0.2, 0.25) is 0 Å². The molecule has 0 N–H and O–H groups in total. The smallest absolute Gasteiger partial charge is 0.0507 e. The standard InChI is InChI=1S/C24H28N2/c1-17-11-12-22-21(15-17)20-9-5-10-23-24(20)26(22)14-6-13-25(23)16-19-8-4-3-7-18(19)2/h3-4,7-8,11-12,15,23H,5-6,9-10,13-14,16H2,1-2H3/t23-/m1/s1. The fraction of sp³-hybridized carbons (Fsp3) is 0.417. The molecular formula is C24H28N2. The molecular weight excluding hydrogens is 316 g/mol. The molecule has 3 aromatic rings. The predicted octanol–water partition coefficient (Wildman–Crippen LogP) is 5.54. The molecule has 2 aliphatic rings. The van der Waals surface area contributed by atoms with E-state index in [-0.39, 0.29) is 0 Å². The number of benzene rings is 2. The van der Waals surface area contributed by atoms with Gasteiger partial charge in [-0.25, -0.2) is 0 Å². The van der Waals surface area contributed by atoms with Crippen LogP contribution < -0.4 is 0 Å². The molecule has 0 bridgehead atoms. The zero-order chi connectivity index (χ0) is 17.7. The van der Waals surface area contributed by atoms with Gasteiger partial charge in [0.25, 0.3) is 0 Å². The molecule has 1 aromatic heterocycles. The summed E-state index contributed by atoms with van der Waals surface area (Å²) in [6.07, 6.45) is 5.10. The van der Waals surface area contributed by atoms with E-state index >= 15 is 0 Å². The van der Waals surface area contributed by atoms with E-state index in [0.29, 0.717) is 6.04 Å². The first-order chi connectivity index (χ1) is 12.7. The molecule has 1 aliphatic heterocycles. The van der Waals surface area contributed by atoms with Gasteiger partial charge in [0.05, 0.1) is 6.04 Å². The molecule has 1 aliphatic carbocycles. The molecule has 2 heterocycles. The van der Waals surface area contributed by atoms with Crippen molar-refractivity contribution < 1.29 is 0 Å². The minimum Gasteiger partial charge on any atom is -0.343 e. The largest absolute Gasteiger partial charge is 0.343 e. The van der Waals surface area contributed by atoms with Crippen LogP contribution in [0.4, 0.5) is 0 Å². The molecule has 1 atom stereocenters. The molecule has 2 heteroatoms. The van der Waals surface area contributed by atoms with Gasteiger partial charge in [0.15, 0.2) is 0 Å². The van der Waals surface area contributed by atoms with Gasteiger partial charge in [-0.1, -0.05) is 35.9 Å². The van der Waals surface area contributed by atoms with Crippen molar-refractivity contribution in [3.8, 4) is 0 Å². The number of aryl methyl sites for hydroxylation is 4. The van der Waals surface area contributed by atoms with Crippen LogP contribution in [0.5, 0.6) is 0 Å². The van der Waals surface area contributed by atoms with Crippen LogP contribution in [0.3, 0.4) is 0 Å². The van der Waals surface area contributed by atoms with Crippen LogP contribution in [0.1, 0.15) is 53.3 Å². The van der Waals surface area contributed by atoms with Gasteiger partial charge < -0.3 is 4.57 Å². The molecule has 26 heavy (non-hydrogen) atoms. The maximum absolute atomic E-state index is 2.76. The fourth-order valence-corrected chi connectivity index (χ4v) is 5.19. The van der Waals surface area contributed by atoms with Crippen LogP contribution in [0.15, 0.2) is 42.5 Å². The summed E-state index contributed by atoms with van der Waals surface area (Å²) in [5, 5.41) is 1.52. The third kappa shape index (κ3) is 2.51. The fourth-order valence-electron chi connectivity index (χ4n) is 5.19. The van der Waals surface area contributed by atoms with Crippen LogP contribution in [-0.2, 0) is 19.5 Å². The zero-order valence-electron chi connectivity index (χ0n) is 16.0. The molecule has 0 unspecified atom stereocenters. The average Bonchev–Trinajstić information content (AvgIpc) is 2.83. The lowest BCUT2D eigenvalue weighted by molar-refractivity contribution is 0.173. The molecule has 0 saturated heterocycles. The van der Waals surface area contributed by atoms with Gasteiger partial charge in [-0.3, -0.25) is 4.90 Å². The van der Waals surface area contributed by atoms with Crippen LogP contribution in [0, 0.1) is 13.8 Å². The SMILES string of the molecule is Cc1ccc2c(c1)c1c3n2CCCN(Cc2ccccc2C)[C@@H]3CCC1. The summed E-state index contributed by atoms with van der Waals surface area (Å²) in [5.74, 6) is 0. The van der Waals surface area contributed by atoms with Gasteiger partial charge in [0.1, 0.15) is 0 Å². The van der Waals surface area contributed by atoms with E-state index in [1.807, 2.05) is 0 Å². The minimum atomic E-state index is 0.577. The van der Waals surface area contributed by atoms with Crippen molar-refractivity contribution in [3.05, 3.63) is 70.4 Å². The summed E-state index contributed by atoms with van der Waals surface area (Å²) in [6, 6.07) is 16.5. The van der Waals surface area contributed by atoms with Crippen molar-refractivity contribution in [2.45, 2.75) is 58.7 Å². The number of fused-ring (bicyclic) bond motifs is 3. The Bertz CT molecular complexity index is 962. The lowest BCUT2D eigenvalue weighted by atomic mass is 9.90. The quantitative estimate of drug-likeness (QED) is 0.592. The van der Waals surface area contributed by atoms with E-state index in [2.05, 4.69) is 65.8 Å². The Labute approximate surface area is 156 Å². The number of hydrogen-bond donors (Lipinski definition) is 0. The minimum absolute atomic E-state index is 0.577. The van der Waals surface area contributed by atoms with Gasteiger partial charge in [-0.2, -0.15) is 0 Å². The molecule has 2 aromatic carbocycles. The average molecular weight is 345 g/mol. The Balaban J connectivity index is 1.61. The normalized spacial score (nSPS) is 20.2. The van der Waals surface area contributed by atoms with Crippen molar-refractivity contribution in [1.29, 1.82) is 0 Å². The molecule has 5 rings (SSSR count). The van der Waals surface area contributed by atoms with Gasteiger partial charge in [-0.05, 0) is 68.4 Å². The molecule has 0 saturated carbocycles. The molecule has 2 nitrogen and oxygen atoms in total. The summed E-state index contributed by atoms with van der Waals surface area (Å²) in [5.41, 5.74) is 9.02. The van der Waals surface area contributed by atoms with E-state index in [1.54, 1.807) is 11.3 Å². The van der Waals surface area contributed by atoms with E-state index in [1.165, 1.54) is 59.8 Å². The lowest BCUT2D eigenvalue weighted by Crippen LogP contribution is -2.31. The van der Waals surface area contributed by atoms with E-state index in [4.69, 9.17) is 0 Å². The second-order valence-electron chi connectivity index (χ2n) is 8.19. The second kappa shape index (κ2) is 6.28. The van der Waals surface area contributed by atoms with Crippen LogP contribution in [-0.4, -0.2) is 16.0 Å². The molecule has 0 amide bonds. The highest BCUT2D eigenvalue weighted by Crippen LogP contribution is 2.42. The van der Waals surface area contributed by atoms with Crippen molar-refractivity contribution in [1.82, 2.24) is 9.47 Å². The highest BCUT2D eigenvalue weighted by Gasteiger charge is 2.33. The topological polar surface area (TPSA) is 8.17 Å². The van der Waals surface area contributed by atoms with Crippen molar-refractivity contribution in [3.63, 3.8) is 0 Å². The Kier molecular flexibility index (Phi) is 3.90. The number of aromatic nitrogens is 1. The third-order valence-electron chi connectivity index (χ3n) is 6.49. The monoisotopic (exact) mass is 344 g/mol.